The summed E-state index contributed by atoms with van der Waals surface area (Å²) >= 11 is 0. The summed E-state index contributed by atoms with van der Waals surface area (Å²) in [6.07, 6.45) is 2.94. The van der Waals surface area contributed by atoms with Gasteiger partial charge in [0, 0.05) is 13.2 Å². The van der Waals surface area contributed by atoms with Crippen molar-refractivity contribution in [3.8, 4) is 0 Å². The Labute approximate surface area is 101 Å². The molecule has 5 nitrogen and oxygen atoms in total. The third-order valence-corrected chi connectivity index (χ3v) is 3.01. The summed E-state index contributed by atoms with van der Waals surface area (Å²) in [5.74, 6) is 0.461. The first-order valence-corrected chi connectivity index (χ1v) is 6.07. The first kappa shape index (κ1) is 12.1. The summed E-state index contributed by atoms with van der Waals surface area (Å²) in [7, 11) is 0. The molecular weight excluding hydrogens is 220 g/mol. The largest absolute Gasteiger partial charge is 0.376 e. The van der Waals surface area contributed by atoms with Gasteiger partial charge in [-0.15, -0.1) is 0 Å². The van der Waals surface area contributed by atoms with Crippen molar-refractivity contribution in [1.29, 1.82) is 0 Å². The number of carbonyl (C=O) groups excluding carboxylic acids is 1. The minimum absolute atomic E-state index is 0.115. The highest BCUT2D eigenvalue weighted by Crippen LogP contribution is 2.15. The Kier molecular flexibility index (Phi) is 3.78. The maximum Gasteiger partial charge on any atom is 0.256 e. The summed E-state index contributed by atoms with van der Waals surface area (Å²) in [5, 5.41) is 6.75. The first-order valence-electron chi connectivity index (χ1n) is 6.07. The van der Waals surface area contributed by atoms with Crippen molar-refractivity contribution in [3.05, 3.63) is 17.0 Å². The molecule has 0 spiro atoms. The summed E-state index contributed by atoms with van der Waals surface area (Å²) in [6, 6.07) is 0. The van der Waals surface area contributed by atoms with Crippen LogP contribution in [0.3, 0.4) is 0 Å². The zero-order valence-corrected chi connectivity index (χ0v) is 10.3. The number of nitrogens with zero attached hydrogens (tertiary/aromatic N) is 1. The van der Waals surface area contributed by atoms with Crippen molar-refractivity contribution in [2.24, 2.45) is 0 Å². The molecule has 1 amide bonds. The molecule has 94 valence electrons. The topological polar surface area (TPSA) is 64.4 Å². The van der Waals surface area contributed by atoms with Gasteiger partial charge in [-0.25, -0.2) is 0 Å². The second kappa shape index (κ2) is 5.31. The fourth-order valence-electron chi connectivity index (χ4n) is 2.05. The molecule has 5 heteroatoms. The Balaban J connectivity index is 1.96. The van der Waals surface area contributed by atoms with Crippen molar-refractivity contribution in [1.82, 2.24) is 10.5 Å². The van der Waals surface area contributed by atoms with Crippen molar-refractivity contribution in [3.63, 3.8) is 0 Å². The highest BCUT2D eigenvalue weighted by molar-refractivity contribution is 5.96. The normalized spacial score (nSPS) is 19.5. The van der Waals surface area contributed by atoms with Gasteiger partial charge in [0.1, 0.15) is 11.3 Å². The molecule has 1 atom stereocenters. The Morgan fingerprint density at radius 2 is 2.41 bits per heavy atom. The molecule has 1 aromatic heterocycles. The summed E-state index contributed by atoms with van der Waals surface area (Å²) < 4.78 is 10.5. The second-order valence-electron chi connectivity index (χ2n) is 4.26. The maximum atomic E-state index is 12.0. The Hall–Kier alpha value is -1.36. The van der Waals surface area contributed by atoms with Crippen molar-refractivity contribution < 1.29 is 14.1 Å². The fraction of sp³-hybridized carbons (Fsp3) is 0.667. The molecular formula is C12H18N2O3. The van der Waals surface area contributed by atoms with E-state index in [2.05, 4.69) is 10.5 Å². The number of hydrogen-bond acceptors (Lipinski definition) is 4. The average Bonchev–Trinajstić information content (AvgIpc) is 2.94. The van der Waals surface area contributed by atoms with E-state index in [1.54, 1.807) is 6.92 Å². The highest BCUT2D eigenvalue weighted by Gasteiger charge is 2.21. The SMILES string of the molecule is CCc1noc(C)c1C(=O)NC[C@H]1CCCO1. The molecule has 0 aromatic carbocycles. The lowest BCUT2D eigenvalue weighted by atomic mass is 10.1. The van der Waals surface area contributed by atoms with Crippen molar-refractivity contribution >= 4 is 5.91 Å². The molecule has 0 saturated carbocycles. The van der Waals surface area contributed by atoms with Gasteiger partial charge < -0.3 is 14.6 Å². The van der Waals surface area contributed by atoms with E-state index in [4.69, 9.17) is 9.26 Å². The van der Waals surface area contributed by atoms with Crippen LogP contribution in [0.25, 0.3) is 0 Å². The van der Waals surface area contributed by atoms with E-state index in [1.165, 1.54) is 0 Å². The molecule has 1 fully saturated rings. The molecule has 2 heterocycles. The molecule has 1 aliphatic rings. The number of nitrogens with one attached hydrogen (secondary N) is 1. The maximum absolute atomic E-state index is 12.0. The van der Waals surface area contributed by atoms with Crippen LogP contribution in [0.2, 0.25) is 0 Å². The first-order chi connectivity index (χ1) is 8.22. The number of aromatic nitrogens is 1. The fourth-order valence-corrected chi connectivity index (χ4v) is 2.05. The predicted octanol–water partition coefficient (Wildman–Crippen LogP) is 1.45. The molecule has 0 unspecified atom stereocenters. The van der Waals surface area contributed by atoms with Crippen LogP contribution in [0.4, 0.5) is 0 Å². The number of carbonyl (C=O) groups is 1. The van der Waals surface area contributed by atoms with Crippen LogP contribution in [0, 0.1) is 6.92 Å². The van der Waals surface area contributed by atoms with Gasteiger partial charge in [-0.1, -0.05) is 12.1 Å². The summed E-state index contributed by atoms with van der Waals surface area (Å²) in [5.41, 5.74) is 1.29. The van der Waals surface area contributed by atoms with E-state index in [9.17, 15) is 4.79 Å². The zero-order chi connectivity index (χ0) is 12.3. The molecule has 1 N–H and O–H groups in total. The van der Waals surface area contributed by atoms with E-state index >= 15 is 0 Å². The summed E-state index contributed by atoms with van der Waals surface area (Å²) in [6.45, 7) is 5.07. The van der Waals surface area contributed by atoms with Crippen LogP contribution in [0.1, 0.15) is 41.6 Å². The molecule has 0 radical (unpaired) electrons. The third-order valence-electron chi connectivity index (χ3n) is 3.01. The number of amides is 1. The van der Waals surface area contributed by atoms with Gasteiger partial charge >= 0.3 is 0 Å². The monoisotopic (exact) mass is 238 g/mol. The smallest absolute Gasteiger partial charge is 0.256 e. The van der Waals surface area contributed by atoms with E-state index in [-0.39, 0.29) is 12.0 Å². The molecule has 0 bridgehead atoms. The lowest BCUT2D eigenvalue weighted by molar-refractivity contribution is 0.0856. The van der Waals surface area contributed by atoms with Crippen LogP contribution < -0.4 is 5.32 Å². The van der Waals surface area contributed by atoms with Gasteiger partial charge in [0.15, 0.2) is 0 Å². The highest BCUT2D eigenvalue weighted by atomic mass is 16.5. The number of aryl methyl sites for hydroxylation is 2. The van der Waals surface area contributed by atoms with E-state index in [0.29, 0.717) is 30.0 Å². The Morgan fingerprint density at radius 1 is 1.59 bits per heavy atom. The zero-order valence-electron chi connectivity index (χ0n) is 10.3. The lowest BCUT2D eigenvalue weighted by Crippen LogP contribution is -2.32. The number of hydrogen-bond donors (Lipinski definition) is 1. The van der Waals surface area contributed by atoms with Crippen molar-refractivity contribution in [2.45, 2.75) is 39.2 Å². The molecule has 0 aliphatic carbocycles. The van der Waals surface area contributed by atoms with Gasteiger partial charge in [-0.2, -0.15) is 0 Å². The molecule has 2 rings (SSSR count). The second-order valence-corrected chi connectivity index (χ2v) is 4.26. The van der Waals surface area contributed by atoms with Gasteiger partial charge in [0.2, 0.25) is 0 Å². The van der Waals surface area contributed by atoms with E-state index in [1.807, 2.05) is 6.92 Å². The summed E-state index contributed by atoms with van der Waals surface area (Å²) in [4.78, 5) is 12.0. The lowest BCUT2D eigenvalue weighted by Gasteiger charge is -2.10. The molecule has 1 saturated heterocycles. The third kappa shape index (κ3) is 2.66. The van der Waals surface area contributed by atoms with Gasteiger partial charge in [0.05, 0.1) is 11.8 Å². The predicted molar refractivity (Wildman–Crippen MR) is 61.9 cm³/mol. The van der Waals surface area contributed by atoms with E-state index in [0.717, 1.165) is 19.4 Å². The minimum atomic E-state index is -0.115. The van der Waals surface area contributed by atoms with Crippen LogP contribution >= 0.6 is 0 Å². The molecule has 1 aliphatic heterocycles. The Morgan fingerprint density at radius 3 is 3.06 bits per heavy atom. The van der Waals surface area contributed by atoms with Crippen LogP contribution in [0.5, 0.6) is 0 Å². The van der Waals surface area contributed by atoms with Gasteiger partial charge in [0.25, 0.3) is 5.91 Å². The van der Waals surface area contributed by atoms with Crippen LogP contribution in [-0.2, 0) is 11.2 Å². The van der Waals surface area contributed by atoms with Gasteiger partial charge in [-0.3, -0.25) is 4.79 Å². The quantitative estimate of drug-likeness (QED) is 0.862. The minimum Gasteiger partial charge on any atom is -0.376 e. The molecule has 1 aromatic rings. The Bertz CT molecular complexity index is 394. The average molecular weight is 238 g/mol. The number of rotatable bonds is 4. The van der Waals surface area contributed by atoms with Crippen molar-refractivity contribution in [2.75, 3.05) is 13.2 Å². The molecule has 17 heavy (non-hydrogen) atoms. The van der Waals surface area contributed by atoms with Crippen LogP contribution in [-0.4, -0.2) is 30.3 Å². The van der Waals surface area contributed by atoms with Gasteiger partial charge in [-0.05, 0) is 26.2 Å². The number of ether oxygens (including phenoxy) is 1. The van der Waals surface area contributed by atoms with E-state index < -0.39 is 0 Å². The van der Waals surface area contributed by atoms with Crippen LogP contribution in [0.15, 0.2) is 4.52 Å². The standard InChI is InChI=1S/C12H18N2O3/c1-3-10-11(8(2)17-14-10)12(15)13-7-9-5-4-6-16-9/h9H,3-7H2,1-2H3,(H,13,15)/t9-/m1/s1.